The van der Waals surface area contributed by atoms with Gasteiger partial charge < -0.3 is 10.5 Å². The highest BCUT2D eigenvalue weighted by Crippen LogP contribution is 2.10. The number of nitrogens with two attached hydrogens (primary N) is 1. The van der Waals surface area contributed by atoms with Gasteiger partial charge in [0.05, 0.1) is 25.3 Å². The van der Waals surface area contributed by atoms with E-state index in [0.29, 0.717) is 19.3 Å². The predicted octanol–water partition coefficient (Wildman–Crippen LogP) is -0.809. The fourth-order valence-electron chi connectivity index (χ4n) is 0.975. The largest absolute Gasteiger partial charge is 0.378 e. The fourth-order valence-corrected chi connectivity index (χ4v) is 0.975. The Balaban J connectivity index is 2.38. The molecule has 0 aromatic heterocycles. The second-order valence-electron chi connectivity index (χ2n) is 2.94. The minimum Gasteiger partial charge on any atom is -0.378 e. The molecule has 0 bridgehead atoms. The molecule has 1 atom stereocenters. The van der Waals surface area contributed by atoms with Crippen LogP contribution in [-0.2, 0) is 9.53 Å². The van der Waals surface area contributed by atoms with Crippen molar-refractivity contribution in [2.45, 2.75) is 19.0 Å². The normalized spacial score (nSPS) is 21.4. The molecule has 1 rings (SSSR count). The first kappa shape index (κ1) is 8.49. The number of carbonyl (C=O) groups excluding carboxylic acids is 1. The molecule has 0 aromatic carbocycles. The molecule has 11 heavy (non-hydrogen) atoms. The van der Waals surface area contributed by atoms with Crippen LogP contribution in [0.5, 0.6) is 0 Å². The number of carbonyl (C=O) groups is 1. The number of hydrogen-bond donors (Lipinski definition) is 1. The van der Waals surface area contributed by atoms with Crippen molar-refractivity contribution in [3.05, 3.63) is 0 Å². The first-order valence-corrected chi connectivity index (χ1v) is 3.72. The molecule has 2 N–H and O–H groups in total. The van der Waals surface area contributed by atoms with Crippen LogP contribution in [0.4, 0.5) is 0 Å². The van der Waals surface area contributed by atoms with Crippen LogP contribution >= 0.6 is 0 Å². The molecule has 0 aliphatic carbocycles. The van der Waals surface area contributed by atoms with E-state index in [1.807, 2.05) is 11.9 Å². The lowest BCUT2D eigenvalue weighted by Gasteiger charge is -2.37. The monoisotopic (exact) mass is 158 g/mol. The van der Waals surface area contributed by atoms with Crippen LogP contribution in [0.25, 0.3) is 0 Å². The summed E-state index contributed by atoms with van der Waals surface area (Å²) in [6.45, 7) is 3.24. The van der Waals surface area contributed by atoms with Gasteiger partial charge in [-0.05, 0) is 14.0 Å². The minimum absolute atomic E-state index is 0.191. The molecule has 0 saturated carbocycles. The number of nitrogens with zero attached hydrogens (tertiary/aromatic N) is 1. The topological polar surface area (TPSA) is 55.6 Å². The van der Waals surface area contributed by atoms with Crippen LogP contribution in [0.2, 0.25) is 0 Å². The Bertz CT molecular complexity index is 157. The zero-order valence-corrected chi connectivity index (χ0v) is 6.91. The van der Waals surface area contributed by atoms with Crippen molar-refractivity contribution in [3.8, 4) is 0 Å². The third-order valence-corrected chi connectivity index (χ3v) is 2.22. The van der Waals surface area contributed by atoms with E-state index in [0.717, 1.165) is 0 Å². The standard InChI is InChI=1S/C7H14N2O2/c1-5(7(8)10)9(2)6-3-11-4-6/h5-6H,3-4H2,1-2H3,(H2,8,10). The van der Waals surface area contributed by atoms with E-state index >= 15 is 0 Å². The van der Waals surface area contributed by atoms with Crippen molar-refractivity contribution in [3.63, 3.8) is 0 Å². The van der Waals surface area contributed by atoms with Crippen LogP contribution in [0.15, 0.2) is 0 Å². The van der Waals surface area contributed by atoms with Crippen molar-refractivity contribution in [1.82, 2.24) is 4.90 Å². The Morgan fingerprint density at radius 3 is 2.55 bits per heavy atom. The number of rotatable bonds is 3. The summed E-state index contributed by atoms with van der Waals surface area (Å²) in [4.78, 5) is 12.7. The summed E-state index contributed by atoms with van der Waals surface area (Å²) in [6.07, 6.45) is 0. The van der Waals surface area contributed by atoms with Crippen LogP contribution in [0.3, 0.4) is 0 Å². The van der Waals surface area contributed by atoms with Gasteiger partial charge in [-0.25, -0.2) is 0 Å². The molecule has 4 nitrogen and oxygen atoms in total. The summed E-state index contributed by atoms with van der Waals surface area (Å²) in [7, 11) is 1.89. The highest BCUT2D eigenvalue weighted by atomic mass is 16.5. The van der Waals surface area contributed by atoms with E-state index < -0.39 is 0 Å². The van der Waals surface area contributed by atoms with Crippen molar-refractivity contribution in [1.29, 1.82) is 0 Å². The van der Waals surface area contributed by atoms with Gasteiger partial charge in [-0.15, -0.1) is 0 Å². The lowest BCUT2D eigenvalue weighted by Crippen LogP contribution is -2.54. The molecule has 1 heterocycles. The zero-order valence-electron chi connectivity index (χ0n) is 6.91. The maximum atomic E-state index is 10.7. The highest BCUT2D eigenvalue weighted by molar-refractivity contribution is 5.79. The molecule has 1 aliphatic rings. The number of amides is 1. The van der Waals surface area contributed by atoms with Gasteiger partial charge in [0.1, 0.15) is 0 Å². The second kappa shape index (κ2) is 3.19. The summed E-state index contributed by atoms with van der Waals surface area (Å²) >= 11 is 0. The molecule has 1 fully saturated rings. The molecular formula is C7H14N2O2. The van der Waals surface area contributed by atoms with E-state index in [1.54, 1.807) is 6.92 Å². The maximum absolute atomic E-state index is 10.7. The van der Waals surface area contributed by atoms with Crippen molar-refractivity contribution in [2.24, 2.45) is 5.73 Å². The average molecular weight is 158 g/mol. The van der Waals surface area contributed by atoms with E-state index in [9.17, 15) is 4.79 Å². The van der Waals surface area contributed by atoms with Gasteiger partial charge in [-0.2, -0.15) is 0 Å². The fraction of sp³-hybridized carbons (Fsp3) is 0.857. The summed E-state index contributed by atoms with van der Waals surface area (Å²) in [5, 5.41) is 0. The smallest absolute Gasteiger partial charge is 0.234 e. The Morgan fingerprint density at radius 1 is 1.73 bits per heavy atom. The van der Waals surface area contributed by atoms with Crippen LogP contribution < -0.4 is 5.73 Å². The Hall–Kier alpha value is -0.610. The number of likely N-dealkylation sites (N-methyl/N-ethyl adjacent to an activating group) is 1. The molecule has 1 amide bonds. The van der Waals surface area contributed by atoms with Crippen molar-refractivity contribution < 1.29 is 9.53 Å². The van der Waals surface area contributed by atoms with Gasteiger partial charge >= 0.3 is 0 Å². The second-order valence-corrected chi connectivity index (χ2v) is 2.94. The summed E-state index contributed by atoms with van der Waals surface area (Å²) in [6, 6.07) is 0.182. The van der Waals surface area contributed by atoms with Gasteiger partial charge in [0, 0.05) is 0 Å². The van der Waals surface area contributed by atoms with E-state index in [-0.39, 0.29) is 11.9 Å². The first-order chi connectivity index (χ1) is 5.13. The third-order valence-electron chi connectivity index (χ3n) is 2.22. The number of ether oxygens (including phenoxy) is 1. The Labute approximate surface area is 66.3 Å². The van der Waals surface area contributed by atoms with Gasteiger partial charge in [0.2, 0.25) is 5.91 Å². The highest BCUT2D eigenvalue weighted by Gasteiger charge is 2.28. The average Bonchev–Trinajstić information content (AvgIpc) is 1.82. The number of hydrogen-bond acceptors (Lipinski definition) is 3. The zero-order chi connectivity index (χ0) is 8.43. The van der Waals surface area contributed by atoms with Gasteiger partial charge in [-0.1, -0.05) is 0 Å². The molecule has 1 unspecified atom stereocenters. The van der Waals surface area contributed by atoms with Crippen LogP contribution in [-0.4, -0.2) is 43.2 Å². The van der Waals surface area contributed by atoms with E-state index in [4.69, 9.17) is 10.5 Å². The molecule has 4 heteroatoms. The Morgan fingerprint density at radius 2 is 2.27 bits per heavy atom. The molecule has 1 aliphatic heterocycles. The lowest BCUT2D eigenvalue weighted by molar-refractivity contribution is -0.127. The van der Waals surface area contributed by atoms with Crippen molar-refractivity contribution in [2.75, 3.05) is 20.3 Å². The molecule has 0 radical (unpaired) electrons. The first-order valence-electron chi connectivity index (χ1n) is 3.72. The van der Waals surface area contributed by atoms with E-state index in [1.165, 1.54) is 0 Å². The van der Waals surface area contributed by atoms with Gasteiger partial charge in [0.15, 0.2) is 0 Å². The quantitative estimate of drug-likeness (QED) is 0.584. The van der Waals surface area contributed by atoms with E-state index in [2.05, 4.69) is 0 Å². The lowest BCUT2D eigenvalue weighted by atomic mass is 10.1. The summed E-state index contributed by atoms with van der Waals surface area (Å²) in [5.74, 6) is -0.278. The molecular weight excluding hydrogens is 144 g/mol. The minimum atomic E-state index is -0.278. The van der Waals surface area contributed by atoms with Crippen molar-refractivity contribution >= 4 is 5.91 Å². The van der Waals surface area contributed by atoms with Crippen LogP contribution in [0, 0.1) is 0 Å². The van der Waals surface area contributed by atoms with Crippen LogP contribution in [0.1, 0.15) is 6.92 Å². The summed E-state index contributed by atoms with van der Waals surface area (Å²) in [5.41, 5.74) is 5.13. The number of primary amides is 1. The SMILES string of the molecule is CC(C(N)=O)N(C)C1COC1. The maximum Gasteiger partial charge on any atom is 0.234 e. The predicted molar refractivity (Wildman–Crippen MR) is 41.0 cm³/mol. The third kappa shape index (κ3) is 1.70. The van der Waals surface area contributed by atoms with Gasteiger partial charge in [0.25, 0.3) is 0 Å². The summed E-state index contributed by atoms with van der Waals surface area (Å²) < 4.78 is 4.99. The Kier molecular flexibility index (Phi) is 2.46. The van der Waals surface area contributed by atoms with Gasteiger partial charge in [-0.3, -0.25) is 9.69 Å². The molecule has 0 aromatic rings. The molecule has 1 saturated heterocycles. The molecule has 64 valence electrons. The molecule has 0 spiro atoms.